The van der Waals surface area contributed by atoms with Crippen LogP contribution in [0.25, 0.3) is 0 Å². The number of benzene rings is 1. The molecule has 1 aromatic rings. The van der Waals surface area contributed by atoms with Gasteiger partial charge in [0.25, 0.3) is 5.91 Å². The van der Waals surface area contributed by atoms with Gasteiger partial charge >= 0.3 is 0 Å². The summed E-state index contributed by atoms with van der Waals surface area (Å²) in [7, 11) is 2.14. The Bertz CT molecular complexity index is 529. The first kappa shape index (κ1) is 14.4. The molecule has 0 bridgehead atoms. The number of nitrogens with one attached hydrogen (secondary N) is 2. The molecule has 21 heavy (non-hydrogen) atoms. The van der Waals surface area contributed by atoms with Gasteiger partial charge < -0.3 is 15.5 Å². The Hall–Kier alpha value is -1.55. The van der Waals surface area contributed by atoms with Crippen molar-refractivity contribution >= 4 is 11.6 Å². The molecule has 2 N–H and O–H groups in total. The van der Waals surface area contributed by atoms with E-state index >= 15 is 0 Å². The summed E-state index contributed by atoms with van der Waals surface area (Å²) in [6, 6.07) is 6.33. The Labute approximate surface area is 126 Å². The smallest absolute Gasteiger partial charge is 0.251 e. The van der Waals surface area contributed by atoms with Crippen LogP contribution in [-0.4, -0.2) is 43.5 Å². The SMILES string of the molecule is CC1CN(C)CCC1NC(=O)c1ccc2c(c1)CCCN2. The zero-order chi connectivity index (χ0) is 14.8. The highest BCUT2D eigenvalue weighted by Crippen LogP contribution is 2.23. The van der Waals surface area contributed by atoms with Crippen molar-refractivity contribution in [2.45, 2.75) is 32.2 Å². The summed E-state index contributed by atoms with van der Waals surface area (Å²) >= 11 is 0. The molecule has 4 nitrogen and oxygen atoms in total. The second kappa shape index (κ2) is 6.06. The van der Waals surface area contributed by atoms with Crippen LogP contribution in [0.4, 0.5) is 5.69 Å². The fraction of sp³-hybridized carbons (Fsp3) is 0.588. The first-order valence-electron chi connectivity index (χ1n) is 7.99. The fourth-order valence-electron chi connectivity index (χ4n) is 3.44. The monoisotopic (exact) mass is 287 g/mol. The predicted octanol–water partition coefficient (Wildman–Crippen LogP) is 2.11. The van der Waals surface area contributed by atoms with E-state index in [1.807, 2.05) is 12.1 Å². The van der Waals surface area contributed by atoms with Gasteiger partial charge in [0, 0.05) is 30.4 Å². The number of likely N-dealkylation sites (tertiary alicyclic amines) is 1. The average Bonchev–Trinajstić information content (AvgIpc) is 2.49. The fourth-order valence-corrected chi connectivity index (χ4v) is 3.44. The van der Waals surface area contributed by atoms with E-state index in [4.69, 9.17) is 0 Å². The molecule has 1 aromatic carbocycles. The number of hydrogen-bond donors (Lipinski definition) is 2. The molecule has 2 aliphatic heterocycles. The number of anilines is 1. The van der Waals surface area contributed by atoms with Crippen molar-refractivity contribution in [2.75, 3.05) is 32.0 Å². The van der Waals surface area contributed by atoms with Crippen LogP contribution in [0, 0.1) is 5.92 Å². The van der Waals surface area contributed by atoms with E-state index in [0.29, 0.717) is 12.0 Å². The van der Waals surface area contributed by atoms with Crippen molar-refractivity contribution in [1.29, 1.82) is 0 Å². The van der Waals surface area contributed by atoms with E-state index in [1.165, 1.54) is 11.3 Å². The number of carbonyl (C=O) groups excluding carboxylic acids is 1. The standard InChI is InChI=1S/C17H25N3O/c1-12-11-20(2)9-7-15(12)19-17(21)14-5-6-16-13(10-14)4-3-8-18-16/h5-6,10,12,15,18H,3-4,7-9,11H2,1-2H3,(H,19,21). The van der Waals surface area contributed by atoms with E-state index in [0.717, 1.165) is 44.5 Å². The summed E-state index contributed by atoms with van der Waals surface area (Å²) in [5, 5.41) is 6.61. The zero-order valence-electron chi connectivity index (χ0n) is 13.0. The summed E-state index contributed by atoms with van der Waals surface area (Å²) in [5.41, 5.74) is 3.25. The lowest BCUT2D eigenvalue weighted by Gasteiger charge is -2.35. The Balaban J connectivity index is 1.68. The van der Waals surface area contributed by atoms with Gasteiger partial charge in [-0.05, 0) is 62.5 Å². The second-order valence-electron chi connectivity index (χ2n) is 6.51. The number of hydrogen-bond acceptors (Lipinski definition) is 3. The number of piperidine rings is 1. The first-order chi connectivity index (χ1) is 10.1. The summed E-state index contributed by atoms with van der Waals surface area (Å²) in [5.74, 6) is 0.580. The van der Waals surface area contributed by atoms with E-state index in [1.54, 1.807) is 0 Å². The van der Waals surface area contributed by atoms with Crippen LogP contribution in [0.3, 0.4) is 0 Å². The van der Waals surface area contributed by atoms with E-state index in [-0.39, 0.29) is 5.91 Å². The Morgan fingerprint density at radius 1 is 1.43 bits per heavy atom. The summed E-state index contributed by atoms with van der Waals surface area (Å²) < 4.78 is 0. The average molecular weight is 287 g/mol. The maximum absolute atomic E-state index is 12.5. The van der Waals surface area contributed by atoms with Crippen molar-refractivity contribution in [3.8, 4) is 0 Å². The third-order valence-corrected chi connectivity index (χ3v) is 4.73. The minimum absolute atomic E-state index is 0.0739. The van der Waals surface area contributed by atoms with Crippen LogP contribution in [-0.2, 0) is 6.42 Å². The number of fused-ring (bicyclic) bond motifs is 1. The highest BCUT2D eigenvalue weighted by Gasteiger charge is 2.26. The number of carbonyl (C=O) groups is 1. The molecule has 1 amide bonds. The molecule has 0 aliphatic carbocycles. The Kier molecular flexibility index (Phi) is 4.15. The lowest BCUT2D eigenvalue weighted by Crippen LogP contribution is -2.48. The number of rotatable bonds is 2. The Morgan fingerprint density at radius 3 is 3.10 bits per heavy atom. The van der Waals surface area contributed by atoms with Crippen molar-refractivity contribution in [3.63, 3.8) is 0 Å². The Morgan fingerprint density at radius 2 is 2.29 bits per heavy atom. The number of amides is 1. The topological polar surface area (TPSA) is 44.4 Å². The van der Waals surface area contributed by atoms with Gasteiger partial charge in [0.15, 0.2) is 0 Å². The van der Waals surface area contributed by atoms with Gasteiger partial charge in [-0.25, -0.2) is 0 Å². The predicted molar refractivity (Wildman–Crippen MR) is 85.8 cm³/mol. The third kappa shape index (κ3) is 3.21. The van der Waals surface area contributed by atoms with Crippen LogP contribution < -0.4 is 10.6 Å². The molecule has 2 atom stereocenters. The molecule has 2 heterocycles. The first-order valence-corrected chi connectivity index (χ1v) is 7.99. The third-order valence-electron chi connectivity index (χ3n) is 4.73. The molecule has 3 rings (SSSR count). The largest absolute Gasteiger partial charge is 0.385 e. The summed E-state index contributed by atoms with van der Waals surface area (Å²) in [6.45, 7) is 5.37. The zero-order valence-corrected chi connectivity index (χ0v) is 13.0. The molecule has 114 valence electrons. The molecule has 0 radical (unpaired) electrons. The van der Waals surface area contributed by atoms with Gasteiger partial charge in [-0.2, -0.15) is 0 Å². The van der Waals surface area contributed by atoms with Crippen LogP contribution in [0.2, 0.25) is 0 Å². The van der Waals surface area contributed by atoms with Gasteiger partial charge in [0.1, 0.15) is 0 Å². The molecular weight excluding hydrogens is 262 g/mol. The molecule has 4 heteroatoms. The van der Waals surface area contributed by atoms with Crippen molar-refractivity contribution in [3.05, 3.63) is 29.3 Å². The molecule has 1 fully saturated rings. The van der Waals surface area contributed by atoms with Gasteiger partial charge in [-0.3, -0.25) is 4.79 Å². The minimum Gasteiger partial charge on any atom is -0.385 e. The van der Waals surface area contributed by atoms with Crippen LogP contribution in [0.5, 0.6) is 0 Å². The van der Waals surface area contributed by atoms with E-state index < -0.39 is 0 Å². The second-order valence-corrected chi connectivity index (χ2v) is 6.51. The number of nitrogens with zero attached hydrogens (tertiary/aromatic N) is 1. The highest BCUT2D eigenvalue weighted by molar-refractivity contribution is 5.95. The lowest BCUT2D eigenvalue weighted by atomic mass is 9.93. The molecule has 0 spiro atoms. The molecular formula is C17H25N3O. The van der Waals surface area contributed by atoms with Crippen LogP contribution >= 0.6 is 0 Å². The van der Waals surface area contributed by atoms with Crippen LogP contribution in [0.15, 0.2) is 18.2 Å². The lowest BCUT2D eigenvalue weighted by molar-refractivity contribution is 0.0884. The minimum atomic E-state index is 0.0739. The molecule has 1 saturated heterocycles. The van der Waals surface area contributed by atoms with Gasteiger partial charge in [-0.15, -0.1) is 0 Å². The van der Waals surface area contributed by atoms with Gasteiger partial charge in [0.2, 0.25) is 0 Å². The molecule has 0 saturated carbocycles. The maximum atomic E-state index is 12.5. The van der Waals surface area contributed by atoms with E-state index in [2.05, 4.69) is 35.6 Å². The van der Waals surface area contributed by atoms with E-state index in [9.17, 15) is 4.79 Å². The van der Waals surface area contributed by atoms with Crippen LogP contribution in [0.1, 0.15) is 35.7 Å². The molecule has 2 aliphatic rings. The normalized spacial score (nSPS) is 25.8. The van der Waals surface area contributed by atoms with Crippen molar-refractivity contribution in [1.82, 2.24) is 10.2 Å². The quantitative estimate of drug-likeness (QED) is 0.875. The van der Waals surface area contributed by atoms with Gasteiger partial charge in [-0.1, -0.05) is 6.92 Å². The maximum Gasteiger partial charge on any atom is 0.251 e. The summed E-state index contributed by atoms with van der Waals surface area (Å²) in [4.78, 5) is 14.8. The molecule has 0 aromatic heterocycles. The van der Waals surface area contributed by atoms with Gasteiger partial charge in [0.05, 0.1) is 0 Å². The number of aryl methyl sites for hydroxylation is 1. The van der Waals surface area contributed by atoms with Crippen molar-refractivity contribution < 1.29 is 4.79 Å². The van der Waals surface area contributed by atoms with Crippen molar-refractivity contribution in [2.24, 2.45) is 5.92 Å². The highest BCUT2D eigenvalue weighted by atomic mass is 16.1. The molecule has 2 unspecified atom stereocenters. The summed E-state index contributed by atoms with van der Waals surface area (Å²) in [6.07, 6.45) is 3.24.